The van der Waals surface area contributed by atoms with Gasteiger partial charge in [-0.2, -0.15) is 0 Å². The van der Waals surface area contributed by atoms with Gasteiger partial charge in [-0.25, -0.2) is 9.97 Å². The molecular weight excluding hydrogens is 182 g/mol. The van der Waals surface area contributed by atoms with Crippen LogP contribution < -0.4 is 5.32 Å². The second-order valence-corrected chi connectivity index (χ2v) is 4.62. The quantitative estimate of drug-likeness (QED) is 0.583. The largest absolute Gasteiger partial charge is 0.350 e. The Morgan fingerprint density at radius 2 is 2.08 bits per heavy atom. The van der Waals surface area contributed by atoms with Crippen molar-refractivity contribution in [2.45, 2.75) is 31.3 Å². The topological polar surface area (TPSA) is 37.8 Å². The Balaban J connectivity index is 2.78. The monoisotopic (exact) mass is 197 g/mol. The van der Waals surface area contributed by atoms with Gasteiger partial charge in [0.05, 0.1) is 0 Å². The molecule has 13 heavy (non-hydrogen) atoms. The standard InChI is InChI=1S/C9H15N3S/c1-9(2,3)12-8-10-6-5-7(11-8)13-4/h5-6H,1-4H3,(H,10,11,12). The summed E-state index contributed by atoms with van der Waals surface area (Å²) >= 11 is 1.62. The summed E-state index contributed by atoms with van der Waals surface area (Å²) in [5, 5.41) is 4.21. The first kappa shape index (κ1) is 10.3. The molecule has 0 aromatic carbocycles. The predicted octanol–water partition coefficient (Wildman–Crippen LogP) is 2.41. The number of rotatable bonds is 2. The minimum atomic E-state index is 0.0109. The average molecular weight is 197 g/mol. The lowest BCUT2D eigenvalue weighted by molar-refractivity contribution is 0.624. The van der Waals surface area contributed by atoms with E-state index in [-0.39, 0.29) is 5.54 Å². The molecule has 0 aliphatic rings. The third-order valence-electron chi connectivity index (χ3n) is 1.33. The number of hydrogen-bond donors (Lipinski definition) is 1. The van der Waals surface area contributed by atoms with E-state index in [0.717, 1.165) is 5.03 Å². The van der Waals surface area contributed by atoms with Crippen molar-refractivity contribution in [2.75, 3.05) is 11.6 Å². The van der Waals surface area contributed by atoms with Gasteiger partial charge in [0.15, 0.2) is 0 Å². The van der Waals surface area contributed by atoms with Crippen LogP contribution in [0.2, 0.25) is 0 Å². The molecule has 1 aromatic heterocycles. The van der Waals surface area contributed by atoms with Gasteiger partial charge in [0.2, 0.25) is 5.95 Å². The van der Waals surface area contributed by atoms with E-state index in [0.29, 0.717) is 5.95 Å². The highest BCUT2D eigenvalue weighted by atomic mass is 32.2. The molecule has 1 rings (SSSR count). The highest BCUT2D eigenvalue weighted by molar-refractivity contribution is 7.98. The molecule has 4 heteroatoms. The van der Waals surface area contributed by atoms with Crippen LogP contribution in [-0.2, 0) is 0 Å². The van der Waals surface area contributed by atoms with Gasteiger partial charge in [0.25, 0.3) is 0 Å². The van der Waals surface area contributed by atoms with Crippen molar-refractivity contribution < 1.29 is 0 Å². The molecule has 0 spiro atoms. The van der Waals surface area contributed by atoms with E-state index in [9.17, 15) is 0 Å². The number of nitrogens with one attached hydrogen (secondary N) is 1. The first-order chi connectivity index (χ1) is 6.01. The molecule has 0 saturated carbocycles. The van der Waals surface area contributed by atoms with Crippen molar-refractivity contribution in [2.24, 2.45) is 0 Å². The number of nitrogens with zero attached hydrogens (tertiary/aromatic N) is 2. The minimum Gasteiger partial charge on any atom is -0.350 e. The molecule has 1 heterocycles. The van der Waals surface area contributed by atoms with Crippen molar-refractivity contribution >= 4 is 17.7 Å². The fourth-order valence-electron chi connectivity index (χ4n) is 0.851. The Kier molecular flexibility index (Phi) is 3.14. The van der Waals surface area contributed by atoms with Gasteiger partial charge >= 0.3 is 0 Å². The zero-order chi connectivity index (χ0) is 9.90. The van der Waals surface area contributed by atoms with E-state index in [1.165, 1.54) is 0 Å². The molecule has 0 aliphatic carbocycles. The van der Waals surface area contributed by atoms with E-state index < -0.39 is 0 Å². The lowest BCUT2D eigenvalue weighted by atomic mass is 10.1. The summed E-state index contributed by atoms with van der Waals surface area (Å²) in [7, 11) is 0. The molecule has 0 saturated heterocycles. The van der Waals surface area contributed by atoms with Crippen molar-refractivity contribution in [3.05, 3.63) is 12.3 Å². The molecule has 0 atom stereocenters. The van der Waals surface area contributed by atoms with Gasteiger partial charge in [-0.05, 0) is 33.1 Å². The zero-order valence-corrected chi connectivity index (χ0v) is 9.27. The molecule has 72 valence electrons. The van der Waals surface area contributed by atoms with Crippen molar-refractivity contribution in [3.63, 3.8) is 0 Å². The maximum atomic E-state index is 4.32. The van der Waals surface area contributed by atoms with E-state index in [1.807, 2.05) is 12.3 Å². The molecule has 0 bridgehead atoms. The SMILES string of the molecule is CSc1ccnc(NC(C)(C)C)n1. The van der Waals surface area contributed by atoms with Crippen molar-refractivity contribution in [1.29, 1.82) is 0 Å². The molecule has 0 radical (unpaired) electrons. The van der Waals surface area contributed by atoms with Gasteiger partial charge in [-0.3, -0.25) is 0 Å². The Bertz CT molecular complexity index is 280. The molecule has 0 amide bonds. The summed E-state index contributed by atoms with van der Waals surface area (Å²) in [6.07, 6.45) is 3.77. The lowest BCUT2D eigenvalue weighted by Gasteiger charge is -2.20. The van der Waals surface area contributed by atoms with Crippen LogP contribution in [0.5, 0.6) is 0 Å². The van der Waals surface area contributed by atoms with E-state index >= 15 is 0 Å². The molecular formula is C9H15N3S. The van der Waals surface area contributed by atoms with Crippen LogP contribution in [0.3, 0.4) is 0 Å². The van der Waals surface area contributed by atoms with Crippen LogP contribution in [-0.4, -0.2) is 21.8 Å². The lowest BCUT2D eigenvalue weighted by Crippen LogP contribution is -2.27. The summed E-state index contributed by atoms with van der Waals surface area (Å²) in [6, 6.07) is 1.90. The summed E-state index contributed by atoms with van der Waals surface area (Å²) in [5.41, 5.74) is 0.0109. The molecule has 0 fully saturated rings. The summed E-state index contributed by atoms with van der Waals surface area (Å²) in [4.78, 5) is 8.45. The molecule has 1 aromatic rings. The fraction of sp³-hybridized carbons (Fsp3) is 0.556. The Labute approximate surface area is 83.4 Å². The number of aromatic nitrogens is 2. The van der Waals surface area contributed by atoms with E-state index in [4.69, 9.17) is 0 Å². The Morgan fingerprint density at radius 1 is 1.38 bits per heavy atom. The highest BCUT2D eigenvalue weighted by Gasteiger charge is 2.10. The third-order valence-corrected chi connectivity index (χ3v) is 1.97. The van der Waals surface area contributed by atoms with Gasteiger partial charge < -0.3 is 5.32 Å². The van der Waals surface area contributed by atoms with Crippen LogP contribution in [0.4, 0.5) is 5.95 Å². The first-order valence-electron chi connectivity index (χ1n) is 4.16. The molecule has 0 unspecified atom stereocenters. The van der Waals surface area contributed by atoms with Crippen LogP contribution in [0, 0.1) is 0 Å². The normalized spacial score (nSPS) is 11.4. The number of anilines is 1. The maximum absolute atomic E-state index is 4.32. The first-order valence-corrected chi connectivity index (χ1v) is 5.39. The second-order valence-electron chi connectivity index (χ2n) is 3.80. The highest BCUT2D eigenvalue weighted by Crippen LogP contribution is 2.14. The van der Waals surface area contributed by atoms with Crippen molar-refractivity contribution in [3.8, 4) is 0 Å². The van der Waals surface area contributed by atoms with E-state index in [1.54, 1.807) is 18.0 Å². The van der Waals surface area contributed by atoms with Crippen molar-refractivity contribution in [1.82, 2.24) is 9.97 Å². The van der Waals surface area contributed by atoms with Gasteiger partial charge in [-0.1, -0.05) is 0 Å². The van der Waals surface area contributed by atoms with Gasteiger partial charge in [0, 0.05) is 11.7 Å². The summed E-state index contributed by atoms with van der Waals surface area (Å²) in [6.45, 7) is 6.26. The zero-order valence-electron chi connectivity index (χ0n) is 8.46. The third kappa shape index (κ3) is 3.63. The molecule has 3 nitrogen and oxygen atoms in total. The van der Waals surface area contributed by atoms with Crippen LogP contribution in [0.15, 0.2) is 17.3 Å². The number of hydrogen-bond acceptors (Lipinski definition) is 4. The van der Waals surface area contributed by atoms with Crippen LogP contribution in [0.25, 0.3) is 0 Å². The van der Waals surface area contributed by atoms with Gasteiger partial charge in [-0.15, -0.1) is 11.8 Å². The maximum Gasteiger partial charge on any atom is 0.224 e. The fourth-order valence-corrected chi connectivity index (χ4v) is 1.23. The van der Waals surface area contributed by atoms with Crippen LogP contribution >= 0.6 is 11.8 Å². The second kappa shape index (κ2) is 3.96. The smallest absolute Gasteiger partial charge is 0.224 e. The summed E-state index contributed by atoms with van der Waals surface area (Å²) in [5.74, 6) is 0.694. The van der Waals surface area contributed by atoms with Crippen LogP contribution in [0.1, 0.15) is 20.8 Å². The molecule has 0 aliphatic heterocycles. The van der Waals surface area contributed by atoms with E-state index in [2.05, 4.69) is 36.1 Å². The number of thioether (sulfide) groups is 1. The Morgan fingerprint density at radius 3 is 2.62 bits per heavy atom. The average Bonchev–Trinajstić information content (AvgIpc) is 2.01. The molecule has 1 N–H and O–H groups in total. The predicted molar refractivity (Wildman–Crippen MR) is 57.2 cm³/mol. The Hall–Kier alpha value is -0.770. The van der Waals surface area contributed by atoms with Gasteiger partial charge in [0.1, 0.15) is 5.03 Å². The minimum absolute atomic E-state index is 0.0109. The summed E-state index contributed by atoms with van der Waals surface area (Å²) < 4.78 is 0.